The number of carbonyl (C=O) groups is 1. The van der Waals surface area contributed by atoms with Gasteiger partial charge in [-0.1, -0.05) is 12.1 Å². The van der Waals surface area contributed by atoms with E-state index in [-0.39, 0.29) is 5.91 Å². The molecule has 0 fully saturated rings. The van der Waals surface area contributed by atoms with Gasteiger partial charge in [-0.2, -0.15) is 5.10 Å². The van der Waals surface area contributed by atoms with Crippen LogP contribution in [-0.2, 0) is 4.79 Å². The first-order valence-corrected chi connectivity index (χ1v) is 7.00. The maximum Gasteiger partial charge on any atom is 0.264 e. The lowest BCUT2D eigenvalue weighted by atomic mass is 10.2. The monoisotopic (exact) mass is 310 g/mol. The van der Waals surface area contributed by atoms with Crippen LogP contribution < -0.4 is 14.9 Å². The van der Waals surface area contributed by atoms with E-state index in [0.29, 0.717) is 0 Å². The van der Waals surface area contributed by atoms with Gasteiger partial charge in [-0.05, 0) is 53.6 Å². The highest BCUT2D eigenvalue weighted by molar-refractivity contribution is 5.92. The maximum absolute atomic E-state index is 11.7. The van der Waals surface area contributed by atoms with Crippen molar-refractivity contribution < 1.29 is 14.3 Å². The fraction of sp³-hybridized carbons (Fsp3) is 0.111. The van der Waals surface area contributed by atoms with Crippen LogP contribution in [0.5, 0.6) is 11.5 Å². The first kappa shape index (κ1) is 16.3. The second-order valence-electron chi connectivity index (χ2n) is 4.61. The summed E-state index contributed by atoms with van der Waals surface area (Å²) in [5.74, 6) is 1.25. The Morgan fingerprint density at radius 2 is 1.43 bits per heavy atom. The fourth-order valence-electron chi connectivity index (χ4n) is 1.78. The molecule has 5 nitrogen and oxygen atoms in total. The van der Waals surface area contributed by atoms with Gasteiger partial charge in [0.25, 0.3) is 5.91 Å². The van der Waals surface area contributed by atoms with Gasteiger partial charge < -0.3 is 9.47 Å². The maximum atomic E-state index is 11.7. The normalized spacial score (nSPS) is 10.9. The molecule has 23 heavy (non-hydrogen) atoms. The van der Waals surface area contributed by atoms with Crippen molar-refractivity contribution in [3.63, 3.8) is 0 Å². The van der Waals surface area contributed by atoms with Crippen LogP contribution in [0.4, 0.5) is 0 Å². The predicted molar refractivity (Wildman–Crippen MR) is 90.8 cm³/mol. The van der Waals surface area contributed by atoms with Crippen molar-refractivity contribution >= 4 is 18.2 Å². The summed E-state index contributed by atoms with van der Waals surface area (Å²) in [6.45, 7) is 0. The summed E-state index contributed by atoms with van der Waals surface area (Å²) in [7, 11) is 3.22. The average Bonchev–Trinajstić information content (AvgIpc) is 2.61. The molecule has 0 aliphatic rings. The Morgan fingerprint density at radius 1 is 0.913 bits per heavy atom. The Bertz CT molecular complexity index is 689. The first-order chi connectivity index (χ1) is 11.2. The lowest BCUT2D eigenvalue weighted by molar-refractivity contribution is -0.116. The van der Waals surface area contributed by atoms with Crippen molar-refractivity contribution in [2.24, 2.45) is 5.10 Å². The minimum atomic E-state index is -0.300. The molecule has 0 saturated heterocycles. The molecular formula is C18H18N2O3. The molecule has 0 bridgehead atoms. The van der Waals surface area contributed by atoms with Gasteiger partial charge in [-0.3, -0.25) is 4.79 Å². The molecule has 1 N–H and O–H groups in total. The molecule has 2 aromatic carbocycles. The highest BCUT2D eigenvalue weighted by Gasteiger charge is 1.94. The third-order valence-corrected chi connectivity index (χ3v) is 3.05. The number of benzene rings is 2. The molecule has 0 aromatic heterocycles. The molecule has 1 amide bonds. The van der Waals surface area contributed by atoms with Gasteiger partial charge in [0, 0.05) is 6.08 Å². The molecule has 0 radical (unpaired) electrons. The largest absolute Gasteiger partial charge is 0.497 e. The number of ether oxygens (including phenoxy) is 2. The predicted octanol–water partition coefficient (Wildman–Crippen LogP) is 2.87. The molecule has 0 aliphatic carbocycles. The topological polar surface area (TPSA) is 59.9 Å². The number of hydrazone groups is 1. The molecule has 0 saturated carbocycles. The van der Waals surface area contributed by atoms with Crippen LogP contribution in [0.1, 0.15) is 11.1 Å². The third-order valence-electron chi connectivity index (χ3n) is 3.05. The smallest absolute Gasteiger partial charge is 0.264 e. The quantitative estimate of drug-likeness (QED) is 0.507. The zero-order valence-corrected chi connectivity index (χ0v) is 13.0. The van der Waals surface area contributed by atoms with E-state index in [1.165, 1.54) is 6.08 Å². The standard InChI is InChI=1S/C18H18N2O3/c1-22-16-8-3-14(4-9-16)7-12-18(21)20-19-13-15-5-10-17(23-2)11-6-15/h3-13H,1-2H3,(H,20,21)/b12-7+,19-13-. The Balaban J connectivity index is 1.85. The summed E-state index contributed by atoms with van der Waals surface area (Å²) in [6, 6.07) is 14.7. The van der Waals surface area contributed by atoms with Gasteiger partial charge in [0.1, 0.15) is 11.5 Å². The molecular weight excluding hydrogens is 292 g/mol. The highest BCUT2D eigenvalue weighted by atomic mass is 16.5. The van der Waals surface area contributed by atoms with Crippen LogP contribution in [0.15, 0.2) is 59.7 Å². The molecule has 118 valence electrons. The summed E-state index contributed by atoms with van der Waals surface area (Å²) in [4.78, 5) is 11.7. The number of amides is 1. The van der Waals surface area contributed by atoms with Gasteiger partial charge in [0.15, 0.2) is 0 Å². The molecule has 2 aromatic rings. The minimum absolute atomic E-state index is 0.300. The number of hydrogen-bond acceptors (Lipinski definition) is 4. The van der Waals surface area contributed by atoms with E-state index in [1.54, 1.807) is 26.5 Å². The first-order valence-electron chi connectivity index (χ1n) is 7.00. The van der Waals surface area contributed by atoms with E-state index in [9.17, 15) is 4.79 Å². The fourth-order valence-corrected chi connectivity index (χ4v) is 1.78. The Kier molecular flexibility index (Phi) is 5.94. The molecule has 0 unspecified atom stereocenters. The number of methoxy groups -OCH3 is 2. The van der Waals surface area contributed by atoms with Crippen LogP contribution in [0.25, 0.3) is 6.08 Å². The number of nitrogens with one attached hydrogen (secondary N) is 1. The van der Waals surface area contributed by atoms with Gasteiger partial charge in [0.2, 0.25) is 0 Å². The van der Waals surface area contributed by atoms with Crippen LogP contribution in [0.2, 0.25) is 0 Å². The van der Waals surface area contributed by atoms with Crippen LogP contribution >= 0.6 is 0 Å². The van der Waals surface area contributed by atoms with Gasteiger partial charge in [-0.15, -0.1) is 0 Å². The Hall–Kier alpha value is -3.08. The van der Waals surface area contributed by atoms with Crippen molar-refractivity contribution in [2.45, 2.75) is 0 Å². The molecule has 0 heterocycles. The second kappa shape index (κ2) is 8.38. The van der Waals surface area contributed by atoms with Crippen molar-refractivity contribution in [2.75, 3.05) is 14.2 Å². The number of nitrogens with zero attached hydrogens (tertiary/aromatic N) is 1. The van der Waals surface area contributed by atoms with E-state index < -0.39 is 0 Å². The van der Waals surface area contributed by atoms with Crippen molar-refractivity contribution in [1.82, 2.24) is 5.43 Å². The van der Waals surface area contributed by atoms with E-state index in [1.807, 2.05) is 48.5 Å². The zero-order valence-electron chi connectivity index (χ0n) is 13.0. The number of rotatable bonds is 6. The molecule has 0 spiro atoms. The van der Waals surface area contributed by atoms with E-state index >= 15 is 0 Å². The Labute approximate surface area is 135 Å². The minimum Gasteiger partial charge on any atom is -0.497 e. The Morgan fingerprint density at radius 3 is 1.96 bits per heavy atom. The average molecular weight is 310 g/mol. The number of hydrogen-bond donors (Lipinski definition) is 1. The van der Waals surface area contributed by atoms with Gasteiger partial charge in [0.05, 0.1) is 20.4 Å². The SMILES string of the molecule is COc1ccc(/C=N\NC(=O)/C=C/c2ccc(OC)cc2)cc1. The molecule has 0 aliphatic heterocycles. The third kappa shape index (κ3) is 5.32. The number of carbonyl (C=O) groups excluding carboxylic acids is 1. The van der Waals surface area contributed by atoms with Crippen molar-refractivity contribution in [3.8, 4) is 11.5 Å². The lowest BCUT2D eigenvalue weighted by Gasteiger charge is -1.99. The second-order valence-corrected chi connectivity index (χ2v) is 4.61. The lowest BCUT2D eigenvalue weighted by Crippen LogP contribution is -2.14. The van der Waals surface area contributed by atoms with Crippen molar-refractivity contribution in [1.29, 1.82) is 0 Å². The summed E-state index contributed by atoms with van der Waals surface area (Å²) in [5.41, 5.74) is 4.21. The zero-order chi connectivity index (χ0) is 16.5. The van der Waals surface area contributed by atoms with E-state index in [0.717, 1.165) is 22.6 Å². The summed E-state index contributed by atoms with van der Waals surface area (Å²) in [5, 5.41) is 3.90. The van der Waals surface area contributed by atoms with Crippen LogP contribution in [-0.4, -0.2) is 26.3 Å². The molecule has 2 rings (SSSR count). The molecule has 0 atom stereocenters. The van der Waals surface area contributed by atoms with Crippen molar-refractivity contribution in [3.05, 3.63) is 65.7 Å². The van der Waals surface area contributed by atoms with E-state index in [4.69, 9.17) is 9.47 Å². The molecule has 5 heteroatoms. The van der Waals surface area contributed by atoms with Crippen LogP contribution in [0, 0.1) is 0 Å². The van der Waals surface area contributed by atoms with Gasteiger partial charge >= 0.3 is 0 Å². The van der Waals surface area contributed by atoms with E-state index in [2.05, 4.69) is 10.5 Å². The van der Waals surface area contributed by atoms with Crippen LogP contribution in [0.3, 0.4) is 0 Å². The summed E-state index contributed by atoms with van der Waals surface area (Å²) in [6.07, 6.45) is 4.70. The van der Waals surface area contributed by atoms with Gasteiger partial charge in [-0.25, -0.2) is 5.43 Å². The highest BCUT2D eigenvalue weighted by Crippen LogP contribution is 2.12. The summed E-state index contributed by atoms with van der Waals surface area (Å²) >= 11 is 0. The summed E-state index contributed by atoms with van der Waals surface area (Å²) < 4.78 is 10.1.